The van der Waals surface area contributed by atoms with Crippen LogP contribution in [0.4, 0.5) is 0 Å². The van der Waals surface area contributed by atoms with Gasteiger partial charge in [-0.25, -0.2) is 0 Å². The summed E-state index contributed by atoms with van der Waals surface area (Å²) >= 11 is 0. The second-order valence-corrected chi connectivity index (χ2v) is 1.58. The first-order valence-electron chi connectivity index (χ1n) is 2.12. The van der Waals surface area contributed by atoms with E-state index in [1.165, 1.54) is 13.8 Å². The summed E-state index contributed by atoms with van der Waals surface area (Å²) in [5.41, 5.74) is 0. The molecule has 0 fully saturated rings. The first kappa shape index (κ1) is 16.3. The van der Waals surface area contributed by atoms with Crippen LogP contribution in [0.5, 0.6) is 0 Å². The zero-order chi connectivity index (χ0) is 5.86. The van der Waals surface area contributed by atoms with Gasteiger partial charge in [0.2, 0.25) is 0 Å². The molecule has 0 aromatic rings. The molecule has 0 aliphatic heterocycles. The quantitative estimate of drug-likeness (QED) is 0.489. The largest absolute Gasteiger partial charge is 0.300 e. The Morgan fingerprint density at radius 2 is 1.33 bits per heavy atom. The Balaban J connectivity index is -0.000000180. The van der Waals surface area contributed by atoms with Crippen LogP contribution in [-0.2, 0) is 47.8 Å². The van der Waals surface area contributed by atoms with Crippen molar-refractivity contribution in [1.82, 2.24) is 0 Å². The van der Waals surface area contributed by atoms with Crippen LogP contribution in [0.15, 0.2) is 0 Å². The average Bonchev–Trinajstić information content (AvgIpc) is 1.27. The molecule has 2 nitrogen and oxygen atoms in total. The number of hydrogen-bond acceptors (Lipinski definition) is 2. The first-order chi connectivity index (χ1) is 3.13. The third-order valence-corrected chi connectivity index (χ3v) is 0.498. The van der Waals surface area contributed by atoms with Crippen LogP contribution in [0.3, 0.4) is 0 Å². The van der Waals surface area contributed by atoms with Crippen LogP contribution in [0.1, 0.15) is 20.3 Å². The monoisotopic (exact) mass is 206 g/mol. The second-order valence-electron chi connectivity index (χ2n) is 1.58. The summed E-state index contributed by atoms with van der Waals surface area (Å²) in [4.78, 5) is 20.1. The maximum atomic E-state index is 10.0. The van der Waals surface area contributed by atoms with Gasteiger partial charge in [0, 0.05) is 38.2 Å². The van der Waals surface area contributed by atoms with E-state index in [0.717, 1.165) is 0 Å². The fourth-order valence-corrected chi connectivity index (χ4v) is 0.351. The van der Waals surface area contributed by atoms with Crippen molar-refractivity contribution in [3.05, 3.63) is 0 Å². The van der Waals surface area contributed by atoms with Gasteiger partial charge in [0.05, 0.1) is 6.42 Å². The Hall–Kier alpha value is 0.548. The smallest absolute Gasteiger partial charge is 0.137 e. The zero-order valence-electron chi connectivity index (χ0n) is 5.34. The van der Waals surface area contributed by atoms with E-state index in [9.17, 15) is 9.59 Å². The van der Waals surface area contributed by atoms with Crippen LogP contribution in [0.2, 0.25) is 0 Å². The maximum absolute atomic E-state index is 10.0. The van der Waals surface area contributed by atoms with Gasteiger partial charge in [-0.05, 0) is 13.8 Å². The number of carbonyl (C=O) groups is 2. The van der Waals surface area contributed by atoms with Crippen LogP contribution >= 0.6 is 0 Å². The van der Waals surface area contributed by atoms with Crippen molar-refractivity contribution in [3.63, 3.8) is 0 Å². The van der Waals surface area contributed by atoms with Crippen molar-refractivity contribution in [1.29, 1.82) is 0 Å². The van der Waals surface area contributed by atoms with E-state index in [1.54, 1.807) is 0 Å². The van der Waals surface area contributed by atoms with Crippen molar-refractivity contribution in [2.75, 3.05) is 0 Å². The van der Waals surface area contributed by atoms with Gasteiger partial charge < -0.3 is 0 Å². The molecule has 0 aliphatic carbocycles. The molecule has 0 amide bonds. The minimum Gasteiger partial charge on any atom is -0.300 e. The number of Topliss-reactive ketones (excluding diaryl/α,β-unsaturated/α-hetero) is 2. The SMILES string of the molecule is CC(=O)CC(C)=O.[Ni].[Ti]. The van der Waals surface area contributed by atoms with E-state index in [2.05, 4.69) is 0 Å². The van der Waals surface area contributed by atoms with Crippen LogP contribution in [0.25, 0.3) is 0 Å². The summed E-state index contributed by atoms with van der Waals surface area (Å²) in [6, 6.07) is 0. The van der Waals surface area contributed by atoms with Crippen molar-refractivity contribution in [2.24, 2.45) is 0 Å². The molecule has 54 valence electrons. The zero-order valence-corrected chi connectivity index (χ0v) is 7.89. The molecular formula is C5H8NiO2Ti. The molecule has 0 radical (unpaired) electrons. The Morgan fingerprint density at radius 3 is 1.33 bits per heavy atom. The van der Waals surface area contributed by atoms with Gasteiger partial charge in [0.25, 0.3) is 0 Å². The summed E-state index contributed by atoms with van der Waals surface area (Å²) in [6.07, 6.45) is 0.0833. The molecule has 0 aromatic heterocycles. The minimum absolute atomic E-state index is 0. The van der Waals surface area contributed by atoms with E-state index >= 15 is 0 Å². The predicted molar refractivity (Wildman–Crippen MR) is 26.0 cm³/mol. The molecule has 0 bridgehead atoms. The molecule has 0 aromatic carbocycles. The predicted octanol–water partition coefficient (Wildman–Crippen LogP) is 0.549. The Labute approximate surface area is 79.6 Å². The van der Waals surface area contributed by atoms with Crippen LogP contribution in [-0.4, -0.2) is 11.6 Å². The average molecular weight is 207 g/mol. The summed E-state index contributed by atoms with van der Waals surface area (Å²) in [5, 5.41) is 0. The van der Waals surface area contributed by atoms with Gasteiger partial charge >= 0.3 is 0 Å². The van der Waals surface area contributed by atoms with Gasteiger partial charge in [0.1, 0.15) is 11.6 Å². The fourth-order valence-electron chi connectivity index (χ4n) is 0.351. The molecule has 0 rings (SSSR count). The maximum Gasteiger partial charge on any atom is 0.137 e. The molecule has 9 heavy (non-hydrogen) atoms. The van der Waals surface area contributed by atoms with Gasteiger partial charge in [0.15, 0.2) is 0 Å². The summed E-state index contributed by atoms with van der Waals surface area (Å²) in [6.45, 7) is 2.81. The van der Waals surface area contributed by atoms with Crippen LogP contribution in [0, 0.1) is 0 Å². The molecule has 0 saturated heterocycles. The first-order valence-corrected chi connectivity index (χ1v) is 2.12. The normalized spacial score (nSPS) is 6.44. The molecule has 0 spiro atoms. The molecule has 4 heteroatoms. The van der Waals surface area contributed by atoms with Crippen molar-refractivity contribution < 1.29 is 47.8 Å². The molecule has 0 unspecified atom stereocenters. The number of ketones is 2. The minimum atomic E-state index is -0.0625. The summed E-state index contributed by atoms with van der Waals surface area (Å²) in [5.74, 6) is -0.125. The molecular weight excluding hydrogens is 199 g/mol. The fraction of sp³-hybridized carbons (Fsp3) is 0.600. The van der Waals surface area contributed by atoms with Gasteiger partial charge in [-0.1, -0.05) is 0 Å². The second kappa shape index (κ2) is 8.55. The van der Waals surface area contributed by atoms with E-state index in [-0.39, 0.29) is 56.2 Å². The van der Waals surface area contributed by atoms with Gasteiger partial charge in [-0.2, -0.15) is 0 Å². The summed E-state index contributed by atoms with van der Waals surface area (Å²) in [7, 11) is 0. The van der Waals surface area contributed by atoms with Gasteiger partial charge in [-0.15, -0.1) is 0 Å². The molecule has 0 aliphatic rings. The van der Waals surface area contributed by atoms with Crippen molar-refractivity contribution >= 4 is 11.6 Å². The van der Waals surface area contributed by atoms with E-state index < -0.39 is 0 Å². The Kier molecular flexibility index (Phi) is 15.5. The standard InChI is InChI=1S/C5H8O2.Ni.Ti/c1-4(6)3-5(2)7;;/h3H2,1-2H3;;. The van der Waals surface area contributed by atoms with E-state index in [0.29, 0.717) is 0 Å². The van der Waals surface area contributed by atoms with E-state index in [1.807, 2.05) is 0 Å². The van der Waals surface area contributed by atoms with Gasteiger partial charge in [-0.3, -0.25) is 9.59 Å². The van der Waals surface area contributed by atoms with Crippen molar-refractivity contribution in [2.45, 2.75) is 20.3 Å². The molecule has 0 atom stereocenters. The number of rotatable bonds is 2. The third-order valence-electron chi connectivity index (χ3n) is 0.498. The number of carbonyl (C=O) groups excluding carboxylic acids is 2. The summed E-state index contributed by atoms with van der Waals surface area (Å²) < 4.78 is 0. The van der Waals surface area contributed by atoms with Crippen molar-refractivity contribution in [3.8, 4) is 0 Å². The molecule has 0 heterocycles. The Bertz CT molecular complexity index is 91.1. The molecule has 0 saturated carbocycles. The van der Waals surface area contributed by atoms with E-state index in [4.69, 9.17) is 0 Å². The number of hydrogen-bond donors (Lipinski definition) is 0. The third kappa shape index (κ3) is 17.7. The van der Waals surface area contributed by atoms with Crippen LogP contribution < -0.4 is 0 Å². The topological polar surface area (TPSA) is 34.1 Å². The molecule has 0 N–H and O–H groups in total. The Morgan fingerprint density at radius 1 is 1.11 bits per heavy atom.